The molecule has 0 heterocycles. The lowest BCUT2D eigenvalue weighted by Crippen LogP contribution is -2.30. The van der Waals surface area contributed by atoms with Crippen molar-refractivity contribution >= 4 is 39.5 Å². The summed E-state index contributed by atoms with van der Waals surface area (Å²) in [6, 6.07) is 16.6. The monoisotopic (exact) mass is 459 g/mol. The zero-order chi connectivity index (χ0) is 21.2. The average Bonchev–Trinajstić information content (AvgIpc) is 2.71. The van der Waals surface area contributed by atoms with Gasteiger partial charge in [-0.05, 0) is 37.6 Å². The molecule has 0 aliphatic heterocycles. The highest BCUT2D eigenvalue weighted by atomic mass is 79.9. The van der Waals surface area contributed by atoms with Gasteiger partial charge in [0.15, 0.2) is 0 Å². The molecule has 0 unspecified atom stereocenters. The first-order valence-corrected chi connectivity index (χ1v) is 9.92. The molecule has 0 N–H and O–H groups in total. The van der Waals surface area contributed by atoms with E-state index in [0.29, 0.717) is 5.69 Å². The van der Waals surface area contributed by atoms with E-state index in [2.05, 4.69) is 15.9 Å². The second-order valence-electron chi connectivity index (χ2n) is 5.89. The van der Waals surface area contributed by atoms with Gasteiger partial charge >= 0.3 is 11.9 Å². The first-order chi connectivity index (χ1) is 14.0. The Morgan fingerprint density at radius 1 is 0.931 bits per heavy atom. The normalized spacial score (nSPS) is 10.0. The van der Waals surface area contributed by atoms with Gasteiger partial charge < -0.3 is 14.4 Å². The molecule has 2 aromatic rings. The van der Waals surface area contributed by atoms with Gasteiger partial charge in [-0.15, -0.1) is 0 Å². The fourth-order valence-electron chi connectivity index (χ4n) is 2.53. The molecule has 2 aromatic carbocycles. The van der Waals surface area contributed by atoms with Crippen LogP contribution >= 0.6 is 15.9 Å². The summed E-state index contributed by atoms with van der Waals surface area (Å²) in [5.41, 5.74) is 1.06. The SMILES string of the molecule is CCOC(=O)C(=CC(=O)N(Cc1ccccc1)c1cccc(Br)c1)C(=O)OCC. The van der Waals surface area contributed by atoms with Crippen molar-refractivity contribution in [1.29, 1.82) is 0 Å². The number of halogens is 1. The third-order valence-corrected chi connectivity index (χ3v) is 4.32. The lowest BCUT2D eigenvalue weighted by atomic mass is 10.1. The predicted molar refractivity (Wildman–Crippen MR) is 113 cm³/mol. The average molecular weight is 460 g/mol. The van der Waals surface area contributed by atoms with E-state index in [4.69, 9.17) is 9.47 Å². The number of carbonyl (C=O) groups is 3. The lowest BCUT2D eigenvalue weighted by molar-refractivity contribution is -0.146. The van der Waals surface area contributed by atoms with E-state index in [1.54, 1.807) is 32.0 Å². The molecular weight excluding hydrogens is 438 g/mol. The van der Waals surface area contributed by atoms with E-state index < -0.39 is 23.4 Å². The molecule has 0 aliphatic carbocycles. The van der Waals surface area contributed by atoms with E-state index in [1.165, 1.54) is 4.90 Å². The highest BCUT2D eigenvalue weighted by molar-refractivity contribution is 9.10. The van der Waals surface area contributed by atoms with Gasteiger partial charge in [0, 0.05) is 16.2 Å². The summed E-state index contributed by atoms with van der Waals surface area (Å²) in [4.78, 5) is 39.0. The summed E-state index contributed by atoms with van der Waals surface area (Å²) < 4.78 is 10.6. The van der Waals surface area contributed by atoms with Gasteiger partial charge in [-0.25, -0.2) is 9.59 Å². The summed E-state index contributed by atoms with van der Waals surface area (Å²) in [6.07, 6.45) is 0.972. The van der Waals surface area contributed by atoms with Crippen LogP contribution in [-0.2, 0) is 30.4 Å². The Hall–Kier alpha value is -2.93. The molecule has 0 aromatic heterocycles. The van der Waals surface area contributed by atoms with Crippen molar-refractivity contribution in [1.82, 2.24) is 0 Å². The van der Waals surface area contributed by atoms with Crippen LogP contribution in [-0.4, -0.2) is 31.1 Å². The standard InChI is InChI=1S/C22H22BrNO5/c1-3-28-21(26)19(22(27)29-4-2)14-20(25)24(15-16-9-6-5-7-10-16)18-12-8-11-17(23)13-18/h5-14H,3-4,15H2,1-2H3. The molecule has 0 spiro atoms. The Bertz CT molecular complexity index is 875. The van der Waals surface area contributed by atoms with Crippen molar-refractivity contribution in [3.05, 3.63) is 76.3 Å². The molecule has 0 aliphatic rings. The minimum absolute atomic E-state index is 0.0726. The maximum absolute atomic E-state index is 13.1. The quantitative estimate of drug-likeness (QED) is 0.257. The number of amides is 1. The third kappa shape index (κ3) is 6.57. The molecule has 2 rings (SSSR count). The number of nitrogens with zero attached hydrogens (tertiary/aromatic N) is 1. The zero-order valence-corrected chi connectivity index (χ0v) is 17.8. The number of carbonyl (C=O) groups excluding carboxylic acids is 3. The molecule has 0 saturated carbocycles. The van der Waals surface area contributed by atoms with Gasteiger partial charge in [-0.2, -0.15) is 0 Å². The maximum Gasteiger partial charge on any atom is 0.345 e. The second kappa shape index (κ2) is 11.2. The van der Waals surface area contributed by atoms with Crippen LogP contribution in [0.5, 0.6) is 0 Å². The molecular formula is C22H22BrNO5. The summed E-state index contributed by atoms with van der Waals surface area (Å²) in [5.74, 6) is -2.33. The lowest BCUT2D eigenvalue weighted by Gasteiger charge is -2.22. The first-order valence-electron chi connectivity index (χ1n) is 9.13. The fraction of sp³-hybridized carbons (Fsp3) is 0.227. The Morgan fingerprint density at radius 3 is 2.10 bits per heavy atom. The summed E-state index contributed by atoms with van der Waals surface area (Å²) in [7, 11) is 0. The predicted octanol–water partition coefficient (Wildman–Crippen LogP) is 4.03. The molecule has 1 amide bonds. The minimum atomic E-state index is -0.895. The molecule has 0 saturated heterocycles. The largest absolute Gasteiger partial charge is 0.462 e. The summed E-state index contributed by atoms with van der Waals surface area (Å²) in [5, 5.41) is 0. The van der Waals surface area contributed by atoms with Gasteiger partial charge in [0.1, 0.15) is 5.57 Å². The van der Waals surface area contributed by atoms with Crippen LogP contribution in [0.2, 0.25) is 0 Å². The third-order valence-electron chi connectivity index (χ3n) is 3.83. The van der Waals surface area contributed by atoms with Crippen LogP contribution in [0.15, 0.2) is 70.7 Å². The molecule has 0 fully saturated rings. The van der Waals surface area contributed by atoms with E-state index in [1.807, 2.05) is 36.4 Å². The van der Waals surface area contributed by atoms with Crippen molar-refractivity contribution in [3.63, 3.8) is 0 Å². The number of hydrogen-bond donors (Lipinski definition) is 0. The van der Waals surface area contributed by atoms with Crippen LogP contribution in [0.25, 0.3) is 0 Å². The highest BCUT2D eigenvalue weighted by Crippen LogP contribution is 2.23. The Labute approximate surface area is 178 Å². The van der Waals surface area contributed by atoms with Crippen molar-refractivity contribution < 1.29 is 23.9 Å². The van der Waals surface area contributed by atoms with Crippen LogP contribution in [0.3, 0.4) is 0 Å². The topological polar surface area (TPSA) is 72.9 Å². The molecule has 0 atom stereocenters. The van der Waals surface area contributed by atoms with Crippen LogP contribution < -0.4 is 4.90 Å². The highest BCUT2D eigenvalue weighted by Gasteiger charge is 2.25. The van der Waals surface area contributed by atoms with Gasteiger partial charge in [0.25, 0.3) is 5.91 Å². The molecule has 29 heavy (non-hydrogen) atoms. The number of esters is 2. The van der Waals surface area contributed by atoms with E-state index in [-0.39, 0.29) is 19.8 Å². The minimum Gasteiger partial charge on any atom is -0.462 e. The number of rotatable bonds is 8. The molecule has 0 bridgehead atoms. The van der Waals surface area contributed by atoms with Crippen molar-refractivity contribution in [2.75, 3.05) is 18.1 Å². The fourth-order valence-corrected chi connectivity index (χ4v) is 2.91. The van der Waals surface area contributed by atoms with E-state index in [0.717, 1.165) is 16.1 Å². The molecule has 152 valence electrons. The number of anilines is 1. The van der Waals surface area contributed by atoms with Crippen molar-refractivity contribution in [2.24, 2.45) is 0 Å². The van der Waals surface area contributed by atoms with Gasteiger partial charge in [-0.3, -0.25) is 4.79 Å². The number of hydrogen-bond acceptors (Lipinski definition) is 5. The van der Waals surface area contributed by atoms with Gasteiger partial charge in [0.2, 0.25) is 0 Å². The number of benzene rings is 2. The summed E-state index contributed by atoms with van der Waals surface area (Å²) in [6.45, 7) is 3.63. The number of ether oxygens (including phenoxy) is 2. The molecule has 7 heteroatoms. The van der Waals surface area contributed by atoms with E-state index >= 15 is 0 Å². The van der Waals surface area contributed by atoms with Crippen molar-refractivity contribution in [3.8, 4) is 0 Å². The molecule has 0 radical (unpaired) electrons. The Balaban J connectivity index is 2.43. The zero-order valence-electron chi connectivity index (χ0n) is 16.3. The van der Waals surface area contributed by atoms with Crippen LogP contribution in [0.1, 0.15) is 19.4 Å². The van der Waals surface area contributed by atoms with Crippen LogP contribution in [0.4, 0.5) is 5.69 Å². The maximum atomic E-state index is 13.1. The summed E-state index contributed by atoms with van der Waals surface area (Å²) >= 11 is 3.40. The van der Waals surface area contributed by atoms with Gasteiger partial charge in [0.05, 0.1) is 19.8 Å². The van der Waals surface area contributed by atoms with Gasteiger partial charge in [-0.1, -0.05) is 52.3 Å². The second-order valence-corrected chi connectivity index (χ2v) is 6.80. The molecule has 6 nitrogen and oxygen atoms in total. The first kappa shape index (κ1) is 22.4. The van der Waals surface area contributed by atoms with E-state index in [9.17, 15) is 14.4 Å². The smallest absolute Gasteiger partial charge is 0.345 e. The Morgan fingerprint density at radius 2 is 1.55 bits per heavy atom. The van der Waals surface area contributed by atoms with Crippen molar-refractivity contribution in [2.45, 2.75) is 20.4 Å². The Kier molecular flexibility index (Phi) is 8.61. The van der Waals surface area contributed by atoms with Crippen LogP contribution in [0, 0.1) is 0 Å².